The molecular formula is C25H40O4. The fourth-order valence-corrected chi connectivity index (χ4v) is 9.21. The van der Waals surface area contributed by atoms with Crippen molar-refractivity contribution < 1.29 is 19.4 Å². The number of ether oxygens (including phenoxy) is 1. The van der Waals surface area contributed by atoms with E-state index < -0.39 is 5.60 Å². The van der Waals surface area contributed by atoms with Crippen molar-refractivity contribution in [3.05, 3.63) is 0 Å². The zero-order valence-electron chi connectivity index (χ0n) is 19.2. The summed E-state index contributed by atoms with van der Waals surface area (Å²) >= 11 is 0. The number of hydrogen-bond acceptors (Lipinski definition) is 4. The third kappa shape index (κ3) is 2.87. The molecule has 4 unspecified atom stereocenters. The Kier molecular flexibility index (Phi) is 5.00. The molecule has 0 bridgehead atoms. The highest BCUT2D eigenvalue weighted by Gasteiger charge is 2.67. The lowest BCUT2D eigenvalue weighted by Crippen LogP contribution is -2.66. The van der Waals surface area contributed by atoms with Crippen LogP contribution in [0.3, 0.4) is 0 Å². The molecule has 1 N–H and O–H groups in total. The standard InChI is InChI=1S/C25H40O4/c1-14-11-21-19-12-15(2)25(28)13-18(29-17(4)27)7-10-24(25,6)20(19)8-9-23(21,5)22(14)16(3)26/h14-15,18-22,28H,7-13H2,1-6H3/t14?,15?,18?,19-,20+,21+,22-,23+,24-,25?/m1/s1. The highest BCUT2D eigenvalue weighted by molar-refractivity contribution is 5.80. The minimum absolute atomic E-state index is 0.118. The maximum Gasteiger partial charge on any atom is 0.302 e. The summed E-state index contributed by atoms with van der Waals surface area (Å²) in [4.78, 5) is 24.0. The fraction of sp³-hybridized carbons (Fsp3) is 0.920. The van der Waals surface area contributed by atoms with Gasteiger partial charge in [0.2, 0.25) is 0 Å². The number of aliphatic hydroxyl groups is 1. The van der Waals surface area contributed by atoms with Gasteiger partial charge in [0, 0.05) is 19.3 Å². The Balaban J connectivity index is 1.65. The zero-order chi connectivity index (χ0) is 21.4. The molecule has 0 aromatic heterocycles. The molecule has 0 aromatic carbocycles. The van der Waals surface area contributed by atoms with Crippen molar-refractivity contribution in [3.8, 4) is 0 Å². The Morgan fingerprint density at radius 3 is 2.31 bits per heavy atom. The van der Waals surface area contributed by atoms with Crippen molar-refractivity contribution in [2.24, 2.45) is 46.3 Å². The molecular weight excluding hydrogens is 364 g/mol. The van der Waals surface area contributed by atoms with Gasteiger partial charge < -0.3 is 9.84 Å². The van der Waals surface area contributed by atoms with Crippen LogP contribution in [0.15, 0.2) is 0 Å². The van der Waals surface area contributed by atoms with Gasteiger partial charge in [-0.25, -0.2) is 0 Å². The van der Waals surface area contributed by atoms with Crippen LogP contribution in [0.2, 0.25) is 0 Å². The molecule has 4 rings (SSSR count). The first-order valence-corrected chi connectivity index (χ1v) is 11.8. The first-order chi connectivity index (χ1) is 13.4. The van der Waals surface area contributed by atoms with Gasteiger partial charge in [-0.15, -0.1) is 0 Å². The number of carbonyl (C=O) groups is 2. The van der Waals surface area contributed by atoms with E-state index in [1.165, 1.54) is 6.92 Å². The minimum Gasteiger partial charge on any atom is -0.462 e. The van der Waals surface area contributed by atoms with Crippen LogP contribution in [0.1, 0.15) is 86.5 Å². The Morgan fingerprint density at radius 1 is 1.00 bits per heavy atom. The van der Waals surface area contributed by atoms with Crippen molar-refractivity contribution in [2.45, 2.75) is 98.2 Å². The molecule has 10 atom stereocenters. The molecule has 4 fully saturated rings. The average molecular weight is 405 g/mol. The molecule has 0 amide bonds. The SMILES string of the molecule is CC(=O)OC1CC[C@]2(C)[C@H]3CC[C@]4(C)[C@@H](C(C)=O)C(C)C[C@H]4[C@@H]3CC(C)C2(O)C1. The van der Waals surface area contributed by atoms with Crippen molar-refractivity contribution >= 4 is 11.8 Å². The Labute approximate surface area is 176 Å². The van der Waals surface area contributed by atoms with E-state index in [1.807, 2.05) is 0 Å². The van der Waals surface area contributed by atoms with Gasteiger partial charge in [-0.05, 0) is 85.9 Å². The molecule has 0 heterocycles. The van der Waals surface area contributed by atoms with Gasteiger partial charge >= 0.3 is 5.97 Å². The van der Waals surface area contributed by atoms with Crippen molar-refractivity contribution in [3.63, 3.8) is 0 Å². The molecule has 0 aromatic rings. The lowest BCUT2D eigenvalue weighted by atomic mass is 9.41. The van der Waals surface area contributed by atoms with E-state index in [-0.39, 0.29) is 34.7 Å². The first kappa shape index (κ1) is 21.3. The van der Waals surface area contributed by atoms with Crippen LogP contribution in [0, 0.1) is 46.3 Å². The molecule has 4 aliphatic carbocycles. The third-order valence-corrected chi connectivity index (χ3v) is 10.3. The van der Waals surface area contributed by atoms with E-state index in [9.17, 15) is 14.7 Å². The van der Waals surface area contributed by atoms with Gasteiger partial charge in [0.05, 0.1) is 5.60 Å². The van der Waals surface area contributed by atoms with Gasteiger partial charge in [-0.3, -0.25) is 9.59 Å². The van der Waals surface area contributed by atoms with Crippen molar-refractivity contribution in [2.75, 3.05) is 0 Å². The summed E-state index contributed by atoms with van der Waals surface area (Å²) in [7, 11) is 0. The van der Waals surface area contributed by atoms with Crippen LogP contribution in [0.25, 0.3) is 0 Å². The maximum absolute atomic E-state index is 12.5. The van der Waals surface area contributed by atoms with Gasteiger partial charge in [0.25, 0.3) is 0 Å². The van der Waals surface area contributed by atoms with E-state index in [0.29, 0.717) is 35.9 Å². The topological polar surface area (TPSA) is 63.6 Å². The molecule has 4 nitrogen and oxygen atoms in total. The monoisotopic (exact) mass is 404 g/mol. The third-order valence-electron chi connectivity index (χ3n) is 10.3. The normalized spacial score (nSPS) is 54.1. The molecule has 29 heavy (non-hydrogen) atoms. The molecule has 4 saturated carbocycles. The van der Waals surface area contributed by atoms with E-state index in [1.54, 1.807) is 6.92 Å². The fourth-order valence-electron chi connectivity index (χ4n) is 9.21. The van der Waals surface area contributed by atoms with E-state index >= 15 is 0 Å². The molecule has 164 valence electrons. The molecule has 0 spiro atoms. The lowest BCUT2D eigenvalue weighted by Gasteiger charge is -2.66. The Bertz CT molecular complexity index is 703. The summed E-state index contributed by atoms with van der Waals surface area (Å²) < 4.78 is 5.54. The summed E-state index contributed by atoms with van der Waals surface area (Å²) in [6.45, 7) is 12.4. The number of ketones is 1. The van der Waals surface area contributed by atoms with Crippen LogP contribution in [-0.2, 0) is 14.3 Å². The molecule has 0 aliphatic heterocycles. The van der Waals surface area contributed by atoms with E-state index in [4.69, 9.17) is 4.74 Å². The van der Waals surface area contributed by atoms with E-state index in [0.717, 1.165) is 38.5 Å². The smallest absolute Gasteiger partial charge is 0.302 e. The predicted octanol–water partition coefficient (Wildman–Crippen LogP) is 4.77. The number of fused-ring (bicyclic) bond motifs is 5. The maximum atomic E-state index is 12.5. The Hall–Kier alpha value is -0.900. The summed E-state index contributed by atoms with van der Waals surface area (Å²) in [6, 6.07) is 0. The van der Waals surface area contributed by atoms with Crippen LogP contribution >= 0.6 is 0 Å². The van der Waals surface area contributed by atoms with Gasteiger partial charge in [0.1, 0.15) is 11.9 Å². The highest BCUT2D eigenvalue weighted by atomic mass is 16.5. The zero-order valence-corrected chi connectivity index (χ0v) is 19.2. The number of esters is 1. The number of Topliss-reactive ketones (excluding diaryl/α,β-unsaturated/α-hetero) is 1. The molecule has 0 radical (unpaired) electrons. The number of hydrogen-bond donors (Lipinski definition) is 1. The summed E-state index contributed by atoms with van der Waals surface area (Å²) in [6.07, 6.45) is 6.57. The largest absolute Gasteiger partial charge is 0.462 e. The molecule has 4 aliphatic rings. The average Bonchev–Trinajstić information content (AvgIpc) is 2.87. The lowest BCUT2D eigenvalue weighted by molar-refractivity contribution is -0.246. The van der Waals surface area contributed by atoms with Crippen LogP contribution in [-0.4, -0.2) is 28.6 Å². The van der Waals surface area contributed by atoms with Crippen LogP contribution in [0.4, 0.5) is 0 Å². The molecule has 0 saturated heterocycles. The van der Waals surface area contributed by atoms with Crippen molar-refractivity contribution in [1.29, 1.82) is 0 Å². The van der Waals surface area contributed by atoms with Crippen LogP contribution in [0.5, 0.6) is 0 Å². The second kappa shape index (κ2) is 6.80. The molecule has 4 heteroatoms. The summed E-state index contributed by atoms with van der Waals surface area (Å²) in [5, 5.41) is 12.0. The van der Waals surface area contributed by atoms with E-state index in [2.05, 4.69) is 27.7 Å². The summed E-state index contributed by atoms with van der Waals surface area (Å²) in [5.74, 6) is 2.63. The summed E-state index contributed by atoms with van der Waals surface area (Å²) in [5.41, 5.74) is -0.789. The van der Waals surface area contributed by atoms with Crippen molar-refractivity contribution in [1.82, 2.24) is 0 Å². The number of rotatable bonds is 2. The van der Waals surface area contributed by atoms with Gasteiger partial charge in [0.15, 0.2) is 0 Å². The van der Waals surface area contributed by atoms with Gasteiger partial charge in [-0.2, -0.15) is 0 Å². The highest BCUT2D eigenvalue weighted by Crippen LogP contribution is 2.70. The van der Waals surface area contributed by atoms with Gasteiger partial charge in [-0.1, -0.05) is 27.7 Å². The Morgan fingerprint density at radius 2 is 1.69 bits per heavy atom. The second-order valence-electron chi connectivity index (χ2n) is 11.7. The first-order valence-electron chi connectivity index (χ1n) is 11.8. The van der Waals surface area contributed by atoms with Crippen LogP contribution < -0.4 is 0 Å². The number of carbonyl (C=O) groups excluding carboxylic acids is 2. The quantitative estimate of drug-likeness (QED) is 0.673. The predicted molar refractivity (Wildman–Crippen MR) is 112 cm³/mol. The minimum atomic E-state index is -0.773. The second-order valence-corrected chi connectivity index (χ2v) is 11.7.